The average Bonchev–Trinajstić information content (AvgIpc) is 1.97. The van der Waals surface area contributed by atoms with Gasteiger partial charge in [-0.3, -0.25) is 4.52 Å². The molecule has 0 aliphatic rings. The highest BCUT2D eigenvalue weighted by Gasteiger charge is 2.24. The molecule has 0 aromatic heterocycles. The van der Waals surface area contributed by atoms with Crippen molar-refractivity contribution < 1.29 is 34.2 Å². The predicted molar refractivity (Wildman–Crippen MR) is 41.7 cm³/mol. The lowest BCUT2D eigenvalue weighted by atomic mass is 10.1. The molecule has 3 unspecified atom stereocenters. The summed E-state index contributed by atoms with van der Waals surface area (Å²) < 4.78 is 14.1. The van der Waals surface area contributed by atoms with Crippen molar-refractivity contribution in [3.05, 3.63) is 0 Å². The molecule has 8 heteroatoms. The van der Waals surface area contributed by atoms with Gasteiger partial charge in [0.2, 0.25) is 0 Å². The van der Waals surface area contributed by atoms with Crippen LogP contribution in [0, 0.1) is 0 Å². The van der Waals surface area contributed by atoms with Gasteiger partial charge in [0.25, 0.3) is 0 Å². The highest BCUT2D eigenvalue weighted by Crippen LogP contribution is 2.35. The summed E-state index contributed by atoms with van der Waals surface area (Å²) in [7, 11) is -4.64. The molecule has 0 aromatic rings. The summed E-state index contributed by atoms with van der Waals surface area (Å²) in [5, 5.41) is 26.7. The van der Waals surface area contributed by atoms with E-state index in [1.165, 1.54) is 6.92 Å². The Balaban J connectivity index is 3.88. The molecule has 5 N–H and O–H groups in total. The zero-order chi connectivity index (χ0) is 10.6. The second-order valence-corrected chi connectivity index (χ2v) is 3.82. The molecule has 0 amide bonds. The number of phosphoric acid groups is 1. The molecule has 0 aliphatic carbocycles. The van der Waals surface area contributed by atoms with Crippen LogP contribution in [0.15, 0.2) is 0 Å². The van der Waals surface area contributed by atoms with Crippen molar-refractivity contribution in [2.45, 2.75) is 25.2 Å². The van der Waals surface area contributed by atoms with E-state index < -0.39 is 32.7 Å². The summed E-state index contributed by atoms with van der Waals surface area (Å²) in [6, 6.07) is 0. The van der Waals surface area contributed by atoms with E-state index in [4.69, 9.17) is 25.1 Å². The first-order chi connectivity index (χ1) is 5.74. The Labute approximate surface area is 74.8 Å². The minimum Gasteiger partial charge on any atom is -0.391 e. The van der Waals surface area contributed by atoms with Gasteiger partial charge in [-0.25, -0.2) is 4.57 Å². The zero-order valence-corrected chi connectivity index (χ0v) is 7.83. The van der Waals surface area contributed by atoms with E-state index in [1.807, 2.05) is 0 Å². The average molecular weight is 216 g/mol. The molecular formula is C5H13O7P. The monoisotopic (exact) mass is 216 g/mol. The Morgan fingerprint density at radius 3 is 2.08 bits per heavy atom. The number of phosphoric ester groups is 1. The Bertz CT molecular complexity index is 187. The van der Waals surface area contributed by atoms with Gasteiger partial charge in [0.05, 0.1) is 12.7 Å². The van der Waals surface area contributed by atoms with E-state index in [9.17, 15) is 4.57 Å². The highest BCUT2D eigenvalue weighted by atomic mass is 31.2. The summed E-state index contributed by atoms with van der Waals surface area (Å²) in [6.07, 6.45) is -4.23. The lowest BCUT2D eigenvalue weighted by molar-refractivity contribution is -0.0689. The molecule has 0 saturated heterocycles. The van der Waals surface area contributed by atoms with Gasteiger partial charge in [-0.1, -0.05) is 0 Å². The Hall–Kier alpha value is -0.0100. The third kappa shape index (κ3) is 6.11. The standard InChI is InChI=1S/C5H13O7P/c1-3(6)5(8)4(7)2-12-13(9,10)11/h3-8H,2H2,1H3,(H2,9,10,11). The normalized spacial score (nSPS) is 19.5. The van der Waals surface area contributed by atoms with Crippen molar-refractivity contribution in [2.24, 2.45) is 0 Å². The minimum absolute atomic E-state index is 0.740. The number of hydrogen-bond donors (Lipinski definition) is 5. The van der Waals surface area contributed by atoms with E-state index in [1.54, 1.807) is 0 Å². The summed E-state index contributed by atoms with van der Waals surface area (Å²) in [5.74, 6) is 0. The summed E-state index contributed by atoms with van der Waals surface area (Å²) in [6.45, 7) is 0.488. The Morgan fingerprint density at radius 2 is 1.77 bits per heavy atom. The van der Waals surface area contributed by atoms with Gasteiger partial charge in [0.15, 0.2) is 0 Å². The van der Waals surface area contributed by atoms with Crippen molar-refractivity contribution in [2.75, 3.05) is 6.61 Å². The molecule has 80 valence electrons. The van der Waals surface area contributed by atoms with Crippen LogP contribution in [-0.2, 0) is 9.09 Å². The van der Waals surface area contributed by atoms with Gasteiger partial charge < -0.3 is 25.1 Å². The fraction of sp³-hybridized carbons (Fsp3) is 1.00. The molecule has 0 radical (unpaired) electrons. The van der Waals surface area contributed by atoms with Crippen LogP contribution in [0.1, 0.15) is 6.92 Å². The Morgan fingerprint density at radius 1 is 1.31 bits per heavy atom. The second kappa shape index (κ2) is 5.02. The molecule has 0 rings (SSSR count). The van der Waals surface area contributed by atoms with Crippen LogP contribution in [-0.4, -0.2) is 50.0 Å². The summed E-state index contributed by atoms with van der Waals surface area (Å²) >= 11 is 0. The topological polar surface area (TPSA) is 127 Å². The van der Waals surface area contributed by atoms with Crippen molar-refractivity contribution in [1.82, 2.24) is 0 Å². The van der Waals surface area contributed by atoms with Crippen LogP contribution in [0.25, 0.3) is 0 Å². The molecule has 0 saturated carbocycles. The van der Waals surface area contributed by atoms with Gasteiger partial charge in [-0.15, -0.1) is 0 Å². The first-order valence-corrected chi connectivity index (χ1v) is 5.01. The van der Waals surface area contributed by atoms with E-state index in [-0.39, 0.29) is 0 Å². The summed E-state index contributed by atoms with van der Waals surface area (Å²) in [4.78, 5) is 16.4. The van der Waals surface area contributed by atoms with Gasteiger partial charge >= 0.3 is 7.82 Å². The summed E-state index contributed by atoms with van der Waals surface area (Å²) in [5.41, 5.74) is 0. The number of rotatable bonds is 5. The maximum atomic E-state index is 10.1. The smallest absolute Gasteiger partial charge is 0.391 e. The van der Waals surface area contributed by atoms with Gasteiger partial charge in [0.1, 0.15) is 12.2 Å². The largest absolute Gasteiger partial charge is 0.469 e. The molecule has 0 aromatic carbocycles. The van der Waals surface area contributed by atoms with Gasteiger partial charge in [-0.2, -0.15) is 0 Å². The van der Waals surface area contributed by atoms with E-state index in [2.05, 4.69) is 4.52 Å². The highest BCUT2D eigenvalue weighted by molar-refractivity contribution is 7.46. The van der Waals surface area contributed by atoms with E-state index >= 15 is 0 Å². The van der Waals surface area contributed by atoms with Crippen molar-refractivity contribution in [3.63, 3.8) is 0 Å². The van der Waals surface area contributed by atoms with Crippen LogP contribution in [0.4, 0.5) is 0 Å². The molecule has 7 nitrogen and oxygen atoms in total. The first-order valence-electron chi connectivity index (χ1n) is 3.48. The zero-order valence-electron chi connectivity index (χ0n) is 6.94. The second-order valence-electron chi connectivity index (χ2n) is 2.58. The quantitative estimate of drug-likeness (QED) is 0.343. The molecule has 0 aliphatic heterocycles. The lowest BCUT2D eigenvalue weighted by Gasteiger charge is -2.19. The molecule has 0 spiro atoms. The molecule has 13 heavy (non-hydrogen) atoms. The van der Waals surface area contributed by atoms with Crippen LogP contribution < -0.4 is 0 Å². The molecule has 0 heterocycles. The lowest BCUT2D eigenvalue weighted by Crippen LogP contribution is -2.38. The molecule has 0 bridgehead atoms. The van der Waals surface area contributed by atoms with Crippen LogP contribution >= 0.6 is 7.82 Å². The molecular weight excluding hydrogens is 203 g/mol. The number of aliphatic hydroxyl groups is 3. The number of aliphatic hydroxyl groups excluding tert-OH is 3. The third-order valence-corrected chi connectivity index (χ3v) is 1.79. The third-order valence-electron chi connectivity index (χ3n) is 1.30. The first kappa shape index (κ1) is 13.0. The maximum absolute atomic E-state index is 10.1. The molecule has 0 fully saturated rings. The molecule has 3 atom stereocenters. The fourth-order valence-electron chi connectivity index (χ4n) is 0.594. The van der Waals surface area contributed by atoms with Crippen molar-refractivity contribution >= 4 is 7.82 Å². The van der Waals surface area contributed by atoms with Crippen molar-refractivity contribution in [3.8, 4) is 0 Å². The van der Waals surface area contributed by atoms with E-state index in [0.29, 0.717) is 0 Å². The van der Waals surface area contributed by atoms with Gasteiger partial charge in [0, 0.05) is 0 Å². The van der Waals surface area contributed by atoms with Gasteiger partial charge in [-0.05, 0) is 6.92 Å². The fourth-order valence-corrected chi connectivity index (χ4v) is 0.940. The number of hydrogen-bond acceptors (Lipinski definition) is 5. The minimum atomic E-state index is -4.64. The maximum Gasteiger partial charge on any atom is 0.469 e. The van der Waals surface area contributed by atoms with Crippen LogP contribution in [0.2, 0.25) is 0 Å². The van der Waals surface area contributed by atoms with Crippen LogP contribution in [0.3, 0.4) is 0 Å². The Kier molecular flexibility index (Phi) is 5.01. The van der Waals surface area contributed by atoms with Crippen molar-refractivity contribution in [1.29, 1.82) is 0 Å². The predicted octanol–water partition coefficient (Wildman–Crippen LogP) is -1.80. The SMILES string of the molecule is CC(O)C(O)C(O)COP(=O)(O)O. The van der Waals surface area contributed by atoms with Crippen LogP contribution in [0.5, 0.6) is 0 Å². The van der Waals surface area contributed by atoms with E-state index in [0.717, 1.165) is 0 Å².